The Bertz CT molecular complexity index is 579. The monoisotopic (exact) mass is 324 g/mol. The van der Waals surface area contributed by atoms with Crippen molar-refractivity contribution in [2.45, 2.75) is 46.1 Å². The molecule has 0 heterocycles. The molecule has 1 aliphatic carbocycles. The van der Waals surface area contributed by atoms with Crippen molar-refractivity contribution in [1.82, 2.24) is 0 Å². The normalized spacial score (nSPS) is 23.0. The van der Waals surface area contributed by atoms with E-state index in [1.165, 1.54) is 5.56 Å². The van der Waals surface area contributed by atoms with Gasteiger partial charge in [0.15, 0.2) is 0 Å². The Hall–Kier alpha value is -1.26. The maximum absolute atomic E-state index is 11.8. The van der Waals surface area contributed by atoms with E-state index in [2.05, 4.69) is 19.2 Å². The number of carbonyl (C=O) groups is 1. The minimum atomic E-state index is -0.539. The van der Waals surface area contributed by atoms with E-state index in [1.807, 2.05) is 39.0 Å². The van der Waals surface area contributed by atoms with Crippen LogP contribution in [0.15, 0.2) is 18.2 Å². The number of nitrogens with one attached hydrogen (secondary N) is 1. The highest BCUT2D eigenvalue weighted by Crippen LogP contribution is 2.64. The summed E-state index contributed by atoms with van der Waals surface area (Å²) in [5.74, 6) is 0.902. The molecule has 1 amide bonds. The molecular formula is C17H25ClN2O2. The molecule has 4 nitrogen and oxygen atoms in total. The van der Waals surface area contributed by atoms with E-state index in [1.54, 1.807) is 0 Å². The van der Waals surface area contributed by atoms with E-state index in [4.69, 9.17) is 22.1 Å². The highest BCUT2D eigenvalue weighted by molar-refractivity contribution is 6.33. The maximum atomic E-state index is 11.8. The van der Waals surface area contributed by atoms with Gasteiger partial charge in [0.1, 0.15) is 5.60 Å². The van der Waals surface area contributed by atoms with Crippen LogP contribution in [0, 0.1) is 11.3 Å². The predicted molar refractivity (Wildman–Crippen MR) is 90.4 cm³/mol. The molecule has 1 aromatic rings. The summed E-state index contributed by atoms with van der Waals surface area (Å²) < 4.78 is 5.23. The Morgan fingerprint density at radius 2 is 2.05 bits per heavy atom. The summed E-state index contributed by atoms with van der Waals surface area (Å²) >= 11 is 6.30. The van der Waals surface area contributed by atoms with Crippen molar-refractivity contribution in [1.29, 1.82) is 0 Å². The number of ether oxygens (including phenoxy) is 1. The average Bonchev–Trinajstić information content (AvgIpc) is 2.91. The van der Waals surface area contributed by atoms with Gasteiger partial charge in [0.05, 0.1) is 10.7 Å². The van der Waals surface area contributed by atoms with Crippen LogP contribution in [0.2, 0.25) is 5.02 Å². The van der Waals surface area contributed by atoms with Crippen LogP contribution in [0.3, 0.4) is 0 Å². The van der Waals surface area contributed by atoms with Crippen molar-refractivity contribution in [3.63, 3.8) is 0 Å². The summed E-state index contributed by atoms with van der Waals surface area (Å²) in [4.78, 5) is 11.8. The van der Waals surface area contributed by atoms with Gasteiger partial charge < -0.3 is 10.5 Å². The lowest BCUT2D eigenvalue weighted by Crippen LogP contribution is -2.27. The summed E-state index contributed by atoms with van der Waals surface area (Å²) in [6.45, 7) is 10.6. The van der Waals surface area contributed by atoms with Gasteiger partial charge in [0.25, 0.3) is 0 Å². The summed E-state index contributed by atoms with van der Waals surface area (Å²) in [5, 5.41) is 3.20. The molecule has 5 heteroatoms. The van der Waals surface area contributed by atoms with E-state index in [9.17, 15) is 4.79 Å². The highest BCUT2D eigenvalue weighted by Gasteiger charge is 2.57. The minimum absolute atomic E-state index is 0.207. The molecule has 2 rings (SSSR count). The van der Waals surface area contributed by atoms with E-state index < -0.39 is 11.7 Å². The molecule has 2 atom stereocenters. The molecule has 0 radical (unpaired) electrons. The van der Waals surface area contributed by atoms with Crippen LogP contribution in [0.25, 0.3) is 0 Å². The van der Waals surface area contributed by atoms with Crippen LogP contribution in [0.4, 0.5) is 10.5 Å². The zero-order valence-electron chi connectivity index (χ0n) is 13.9. The molecule has 1 aliphatic rings. The molecule has 0 aliphatic heterocycles. The second-order valence-corrected chi connectivity index (χ2v) is 7.91. The fourth-order valence-corrected chi connectivity index (χ4v) is 3.32. The third-order valence-corrected chi connectivity index (χ3v) is 4.60. The summed E-state index contributed by atoms with van der Waals surface area (Å²) in [5.41, 5.74) is 7.22. The minimum Gasteiger partial charge on any atom is -0.444 e. The Labute approximate surface area is 137 Å². The van der Waals surface area contributed by atoms with Crippen molar-refractivity contribution in [2.24, 2.45) is 17.1 Å². The van der Waals surface area contributed by atoms with Gasteiger partial charge >= 0.3 is 6.09 Å². The number of hydrogen-bond donors (Lipinski definition) is 2. The van der Waals surface area contributed by atoms with Crippen LogP contribution < -0.4 is 11.1 Å². The highest BCUT2D eigenvalue weighted by atomic mass is 35.5. The lowest BCUT2D eigenvalue weighted by Gasteiger charge is -2.20. The van der Waals surface area contributed by atoms with Gasteiger partial charge in [-0.3, -0.25) is 5.32 Å². The van der Waals surface area contributed by atoms with E-state index in [0.29, 0.717) is 29.1 Å². The molecule has 1 saturated carbocycles. The van der Waals surface area contributed by atoms with E-state index in [-0.39, 0.29) is 5.41 Å². The van der Waals surface area contributed by atoms with Crippen molar-refractivity contribution >= 4 is 23.4 Å². The lowest BCUT2D eigenvalue weighted by molar-refractivity contribution is 0.0636. The third kappa shape index (κ3) is 3.55. The zero-order valence-corrected chi connectivity index (χ0v) is 14.6. The molecule has 0 bridgehead atoms. The standard InChI is InChI=1S/C17H25ClN2O2/c1-16(2,3)22-15(21)20-13-7-6-10(8-12(13)18)14-11(9-19)17(14,4)5/h6-8,11,14H,9,19H2,1-5H3,(H,20,21)/t11-,14-/m0/s1. The molecule has 122 valence electrons. The number of benzene rings is 1. The molecule has 3 N–H and O–H groups in total. The topological polar surface area (TPSA) is 64.3 Å². The lowest BCUT2D eigenvalue weighted by atomic mass is 10.0. The number of carbonyl (C=O) groups excluding carboxylic acids is 1. The molecule has 1 aromatic carbocycles. The third-order valence-electron chi connectivity index (χ3n) is 4.29. The van der Waals surface area contributed by atoms with Crippen LogP contribution in [0.5, 0.6) is 0 Å². The van der Waals surface area contributed by atoms with Crippen LogP contribution in [-0.4, -0.2) is 18.2 Å². The number of halogens is 1. The molecule has 0 aromatic heterocycles. The fourth-order valence-electron chi connectivity index (χ4n) is 3.09. The van der Waals surface area contributed by atoms with Crippen LogP contribution in [0.1, 0.15) is 46.1 Å². The van der Waals surface area contributed by atoms with Crippen molar-refractivity contribution in [3.8, 4) is 0 Å². The van der Waals surface area contributed by atoms with E-state index in [0.717, 1.165) is 0 Å². The molecule has 0 spiro atoms. The van der Waals surface area contributed by atoms with Gasteiger partial charge in [-0.2, -0.15) is 0 Å². The van der Waals surface area contributed by atoms with Gasteiger partial charge in [-0.05, 0) is 62.3 Å². The van der Waals surface area contributed by atoms with Crippen molar-refractivity contribution < 1.29 is 9.53 Å². The SMILES string of the molecule is CC(C)(C)OC(=O)Nc1ccc([C@H]2[C@H](CN)C2(C)C)cc1Cl. The maximum Gasteiger partial charge on any atom is 0.412 e. The molecule has 1 fully saturated rings. The first kappa shape index (κ1) is 17.1. The molecular weight excluding hydrogens is 300 g/mol. The molecule has 22 heavy (non-hydrogen) atoms. The largest absolute Gasteiger partial charge is 0.444 e. The van der Waals surface area contributed by atoms with Gasteiger partial charge in [-0.15, -0.1) is 0 Å². The number of hydrogen-bond acceptors (Lipinski definition) is 3. The first-order valence-corrected chi connectivity index (χ1v) is 7.93. The van der Waals surface area contributed by atoms with Crippen molar-refractivity contribution in [3.05, 3.63) is 28.8 Å². The van der Waals surface area contributed by atoms with Crippen molar-refractivity contribution in [2.75, 3.05) is 11.9 Å². The Morgan fingerprint density at radius 3 is 2.50 bits per heavy atom. The second-order valence-electron chi connectivity index (χ2n) is 7.51. The average molecular weight is 325 g/mol. The quantitative estimate of drug-likeness (QED) is 0.866. The molecule has 0 unspecified atom stereocenters. The van der Waals surface area contributed by atoms with Gasteiger partial charge in [-0.1, -0.05) is 31.5 Å². The Kier molecular flexibility index (Phi) is 4.46. The fraction of sp³-hybridized carbons (Fsp3) is 0.588. The predicted octanol–water partition coefficient (Wildman–Crippen LogP) is 4.39. The zero-order chi connectivity index (χ0) is 16.7. The Balaban J connectivity index is 2.10. The number of rotatable bonds is 3. The number of anilines is 1. The first-order chi connectivity index (χ1) is 10.1. The second kappa shape index (κ2) is 5.74. The van der Waals surface area contributed by atoms with Gasteiger partial charge in [0, 0.05) is 0 Å². The summed E-state index contributed by atoms with van der Waals surface area (Å²) in [7, 11) is 0. The molecule has 0 saturated heterocycles. The summed E-state index contributed by atoms with van der Waals surface area (Å²) in [6.07, 6.45) is -0.506. The first-order valence-electron chi connectivity index (χ1n) is 7.56. The summed E-state index contributed by atoms with van der Waals surface area (Å²) in [6, 6.07) is 5.74. The Morgan fingerprint density at radius 1 is 1.41 bits per heavy atom. The van der Waals surface area contributed by atoms with E-state index >= 15 is 0 Å². The smallest absolute Gasteiger partial charge is 0.412 e. The number of nitrogens with two attached hydrogens (primary N) is 1. The van der Waals surface area contributed by atoms with Gasteiger partial charge in [-0.25, -0.2) is 4.79 Å². The van der Waals surface area contributed by atoms with Crippen LogP contribution in [-0.2, 0) is 4.74 Å². The van der Waals surface area contributed by atoms with Gasteiger partial charge in [0.2, 0.25) is 0 Å². The number of amides is 1. The van der Waals surface area contributed by atoms with Crippen LogP contribution >= 0.6 is 11.6 Å².